The van der Waals surface area contributed by atoms with Crippen molar-refractivity contribution in [1.82, 2.24) is 30.1 Å². The SMILES string of the molecule is C=C(Nc1cncc(-c2cc3c(-c4nc5c(-c6ccc(C)s6)cccc5[nH]4)n[nH]c3cn2)c1)C1CC1. The molecule has 0 spiro atoms. The molecule has 176 valence electrons. The topological polar surface area (TPSA) is 95.2 Å². The Balaban J connectivity index is 1.28. The zero-order chi connectivity index (χ0) is 24.2. The maximum absolute atomic E-state index is 4.98. The van der Waals surface area contributed by atoms with Crippen molar-refractivity contribution >= 4 is 39.0 Å². The maximum Gasteiger partial charge on any atom is 0.159 e. The minimum Gasteiger partial charge on any atom is -0.358 e. The van der Waals surface area contributed by atoms with Crippen molar-refractivity contribution in [2.24, 2.45) is 5.92 Å². The highest BCUT2D eigenvalue weighted by molar-refractivity contribution is 7.15. The summed E-state index contributed by atoms with van der Waals surface area (Å²) in [6.45, 7) is 6.28. The summed E-state index contributed by atoms with van der Waals surface area (Å²) >= 11 is 1.77. The maximum atomic E-state index is 4.98. The number of nitrogens with zero attached hydrogens (tertiary/aromatic N) is 4. The van der Waals surface area contributed by atoms with Crippen LogP contribution in [0.2, 0.25) is 0 Å². The Morgan fingerprint density at radius 1 is 1.08 bits per heavy atom. The van der Waals surface area contributed by atoms with Gasteiger partial charge in [-0.25, -0.2) is 4.98 Å². The van der Waals surface area contributed by atoms with Crippen molar-refractivity contribution in [2.45, 2.75) is 19.8 Å². The molecular weight excluding hydrogens is 466 g/mol. The molecule has 5 aromatic heterocycles. The molecule has 1 fully saturated rings. The van der Waals surface area contributed by atoms with E-state index in [-0.39, 0.29) is 0 Å². The number of anilines is 1. The van der Waals surface area contributed by atoms with Crippen molar-refractivity contribution in [1.29, 1.82) is 0 Å². The van der Waals surface area contributed by atoms with Crippen molar-refractivity contribution in [3.8, 4) is 33.2 Å². The molecule has 1 aliphatic rings. The van der Waals surface area contributed by atoms with E-state index in [0.717, 1.165) is 61.7 Å². The summed E-state index contributed by atoms with van der Waals surface area (Å²) in [6.07, 6.45) is 7.87. The van der Waals surface area contributed by atoms with Crippen LogP contribution in [0, 0.1) is 12.8 Å². The second-order valence-corrected chi connectivity index (χ2v) is 10.6. The molecule has 0 radical (unpaired) electrons. The van der Waals surface area contributed by atoms with Crippen LogP contribution in [0.3, 0.4) is 0 Å². The smallest absolute Gasteiger partial charge is 0.159 e. The number of aromatic amines is 2. The molecule has 7 nitrogen and oxygen atoms in total. The molecule has 8 heteroatoms. The number of rotatable bonds is 6. The first-order chi connectivity index (χ1) is 17.6. The fourth-order valence-electron chi connectivity index (χ4n) is 4.55. The molecule has 7 rings (SSSR count). The Bertz CT molecular complexity index is 1770. The van der Waals surface area contributed by atoms with Gasteiger partial charge in [0.1, 0.15) is 5.69 Å². The first-order valence-corrected chi connectivity index (χ1v) is 12.8. The number of aryl methyl sites for hydroxylation is 1. The van der Waals surface area contributed by atoms with Gasteiger partial charge >= 0.3 is 0 Å². The van der Waals surface area contributed by atoms with Crippen LogP contribution >= 0.6 is 11.3 Å². The predicted octanol–water partition coefficient (Wildman–Crippen LogP) is 6.94. The number of hydrogen-bond donors (Lipinski definition) is 3. The third kappa shape index (κ3) is 3.67. The number of para-hydroxylation sites is 1. The van der Waals surface area contributed by atoms with Crippen LogP contribution in [0.25, 0.3) is 55.2 Å². The summed E-state index contributed by atoms with van der Waals surface area (Å²) in [5.41, 5.74) is 8.40. The van der Waals surface area contributed by atoms with Gasteiger partial charge in [0.15, 0.2) is 5.82 Å². The lowest BCUT2D eigenvalue weighted by Crippen LogP contribution is -2.00. The second-order valence-electron chi connectivity index (χ2n) is 9.27. The number of fused-ring (bicyclic) bond motifs is 2. The Morgan fingerprint density at radius 3 is 2.83 bits per heavy atom. The van der Waals surface area contributed by atoms with E-state index in [1.54, 1.807) is 11.3 Å². The average Bonchev–Trinajstić information content (AvgIpc) is 3.30. The first kappa shape index (κ1) is 21.0. The molecular formula is C28H23N7S. The first-order valence-electron chi connectivity index (χ1n) is 11.9. The Labute approximate surface area is 211 Å². The Kier molecular flexibility index (Phi) is 4.75. The number of benzene rings is 1. The van der Waals surface area contributed by atoms with Gasteiger partial charge in [0.2, 0.25) is 0 Å². The van der Waals surface area contributed by atoms with Gasteiger partial charge in [-0.15, -0.1) is 11.3 Å². The van der Waals surface area contributed by atoms with Crippen molar-refractivity contribution in [3.05, 3.63) is 78.2 Å². The highest BCUT2D eigenvalue weighted by Gasteiger charge is 2.24. The summed E-state index contributed by atoms with van der Waals surface area (Å²) < 4.78 is 0. The van der Waals surface area contributed by atoms with Crippen molar-refractivity contribution < 1.29 is 0 Å². The zero-order valence-corrected chi connectivity index (χ0v) is 20.5. The number of pyridine rings is 2. The minimum absolute atomic E-state index is 0.574. The van der Waals surface area contributed by atoms with Crippen LogP contribution in [0.4, 0.5) is 5.69 Å². The Morgan fingerprint density at radius 2 is 2.00 bits per heavy atom. The van der Waals surface area contributed by atoms with E-state index in [0.29, 0.717) is 5.92 Å². The summed E-state index contributed by atoms with van der Waals surface area (Å²) in [5.74, 6) is 1.30. The Hall–Kier alpha value is -4.30. The van der Waals surface area contributed by atoms with Crippen LogP contribution in [-0.2, 0) is 0 Å². The molecule has 5 heterocycles. The van der Waals surface area contributed by atoms with Crippen LogP contribution in [0.15, 0.2) is 73.3 Å². The summed E-state index contributed by atoms with van der Waals surface area (Å²) in [6, 6.07) is 14.6. The lowest BCUT2D eigenvalue weighted by atomic mass is 10.1. The molecule has 36 heavy (non-hydrogen) atoms. The van der Waals surface area contributed by atoms with Gasteiger partial charge in [-0.2, -0.15) is 5.10 Å². The van der Waals surface area contributed by atoms with Crippen LogP contribution in [-0.4, -0.2) is 30.1 Å². The number of nitrogens with one attached hydrogen (secondary N) is 3. The monoisotopic (exact) mass is 489 g/mol. The number of imidazole rings is 1. The molecule has 0 bridgehead atoms. The van der Waals surface area contributed by atoms with Crippen molar-refractivity contribution in [3.63, 3.8) is 0 Å². The molecule has 1 aromatic carbocycles. The third-order valence-corrected chi connectivity index (χ3v) is 7.63. The summed E-state index contributed by atoms with van der Waals surface area (Å²) in [7, 11) is 0. The van der Waals surface area contributed by atoms with E-state index < -0.39 is 0 Å². The number of thiophene rings is 1. The van der Waals surface area contributed by atoms with E-state index in [9.17, 15) is 0 Å². The fraction of sp³-hybridized carbons (Fsp3) is 0.143. The predicted molar refractivity (Wildman–Crippen MR) is 146 cm³/mol. The molecule has 0 saturated heterocycles. The van der Waals surface area contributed by atoms with Crippen LogP contribution in [0.5, 0.6) is 0 Å². The normalized spacial score (nSPS) is 13.5. The number of allylic oxidation sites excluding steroid dienone is 1. The number of hydrogen-bond acceptors (Lipinski definition) is 6. The molecule has 1 saturated carbocycles. The van der Waals surface area contributed by atoms with Crippen LogP contribution in [0.1, 0.15) is 17.7 Å². The van der Waals surface area contributed by atoms with E-state index in [2.05, 4.69) is 80.4 Å². The molecule has 3 N–H and O–H groups in total. The number of H-pyrrole nitrogens is 2. The number of aromatic nitrogens is 6. The lowest BCUT2D eigenvalue weighted by molar-refractivity contribution is 1.02. The minimum atomic E-state index is 0.574. The van der Waals surface area contributed by atoms with Gasteiger partial charge in [-0.3, -0.25) is 15.1 Å². The van der Waals surface area contributed by atoms with Gasteiger partial charge in [-0.05, 0) is 56.0 Å². The fourth-order valence-corrected chi connectivity index (χ4v) is 5.44. The third-order valence-electron chi connectivity index (χ3n) is 6.60. The molecule has 1 aliphatic carbocycles. The second kappa shape index (κ2) is 8.13. The van der Waals surface area contributed by atoms with Crippen LogP contribution < -0.4 is 5.32 Å². The van der Waals surface area contributed by atoms with E-state index in [1.165, 1.54) is 22.6 Å². The molecule has 0 aliphatic heterocycles. The summed E-state index contributed by atoms with van der Waals surface area (Å²) in [4.78, 5) is 20.0. The molecule has 6 aromatic rings. The highest BCUT2D eigenvalue weighted by Crippen LogP contribution is 2.37. The van der Waals surface area contributed by atoms with E-state index in [1.807, 2.05) is 24.7 Å². The highest BCUT2D eigenvalue weighted by atomic mass is 32.1. The molecule has 0 amide bonds. The molecule has 0 atom stereocenters. The average molecular weight is 490 g/mol. The quantitative estimate of drug-likeness (QED) is 0.236. The van der Waals surface area contributed by atoms with Gasteiger partial charge in [0.05, 0.1) is 40.3 Å². The lowest BCUT2D eigenvalue weighted by Gasteiger charge is -2.09. The van der Waals surface area contributed by atoms with E-state index in [4.69, 9.17) is 4.98 Å². The molecule has 0 unspecified atom stereocenters. The summed E-state index contributed by atoms with van der Waals surface area (Å²) in [5, 5.41) is 12.0. The zero-order valence-electron chi connectivity index (χ0n) is 19.7. The standard InChI is InChI=1S/C28H23N7S/c1-15-6-9-25(36-15)20-4-3-5-22-26(20)33-28(32-22)27-21-11-23(30-14-24(21)34-35-27)18-10-19(13-29-12-18)31-16(2)17-7-8-17/h3-6,9-14,17,31H,2,7-8H2,1H3,(H,32,33)(H,34,35). The van der Waals surface area contributed by atoms with Crippen molar-refractivity contribution in [2.75, 3.05) is 5.32 Å². The van der Waals surface area contributed by atoms with Gasteiger partial charge < -0.3 is 10.3 Å². The largest absolute Gasteiger partial charge is 0.358 e. The van der Waals surface area contributed by atoms with Gasteiger partial charge in [0.25, 0.3) is 0 Å². The van der Waals surface area contributed by atoms with E-state index >= 15 is 0 Å². The van der Waals surface area contributed by atoms with Gasteiger partial charge in [-0.1, -0.05) is 18.7 Å². The van der Waals surface area contributed by atoms with Gasteiger partial charge in [0, 0.05) is 38.2 Å².